The molecule has 0 saturated carbocycles. The summed E-state index contributed by atoms with van der Waals surface area (Å²) in [6.07, 6.45) is 1.25. The molecule has 0 spiro atoms. The monoisotopic (exact) mass is 468 g/mol. The Morgan fingerprint density at radius 1 is 0.688 bits per heavy atom. The molecule has 0 bridgehead atoms. The van der Waals surface area contributed by atoms with Crippen molar-refractivity contribution in [1.29, 1.82) is 0 Å². The largest absolute Gasteiger partial charge is 0.310 e. The molecule has 0 atom stereocenters. The van der Waals surface area contributed by atoms with Gasteiger partial charge in [0.25, 0.3) is 5.70 Å². The zero-order chi connectivity index (χ0) is 23.8. The van der Waals surface area contributed by atoms with Crippen molar-refractivity contribution in [3.05, 3.63) is 84.1 Å². The lowest BCUT2D eigenvalue weighted by Crippen LogP contribution is -2.31. The summed E-state index contributed by atoms with van der Waals surface area (Å²) in [6, 6.07) is 21.6. The first-order chi connectivity index (χ1) is 15.1. The van der Waals surface area contributed by atoms with Gasteiger partial charge in [-0.15, -0.1) is 0 Å². The Hall–Kier alpha value is -1.25. The first kappa shape index (κ1) is 27.0. The minimum absolute atomic E-state index is 0.0272. The van der Waals surface area contributed by atoms with E-state index < -0.39 is 0 Å². The lowest BCUT2D eigenvalue weighted by atomic mass is 9.89. The summed E-state index contributed by atoms with van der Waals surface area (Å²) in [4.78, 5) is 0. The molecule has 0 fully saturated rings. The van der Waals surface area contributed by atoms with Gasteiger partial charge in [-0.05, 0) is 39.9 Å². The van der Waals surface area contributed by atoms with E-state index in [0.29, 0.717) is 11.3 Å². The maximum atomic E-state index is 7.21. The molecule has 0 unspecified atom stereocenters. The molecule has 32 heavy (non-hydrogen) atoms. The number of allylic oxidation sites excluding steroid dienone is 1. The third-order valence-corrected chi connectivity index (χ3v) is 12.6. The van der Waals surface area contributed by atoms with E-state index in [-0.39, 0.29) is 21.9 Å². The van der Waals surface area contributed by atoms with E-state index in [4.69, 9.17) is 6.58 Å². The van der Waals surface area contributed by atoms with Crippen molar-refractivity contribution in [2.24, 2.45) is 0 Å². The minimum Gasteiger partial charge on any atom is -0.310 e. The molecule has 3 heteroatoms. The van der Waals surface area contributed by atoms with Crippen LogP contribution in [0.3, 0.4) is 0 Å². The highest BCUT2D eigenvalue weighted by atomic mass is 31.1. The lowest BCUT2D eigenvalue weighted by molar-refractivity contribution is 0.538. The number of hydrogen-bond donors (Lipinski definition) is 0. The average molecular weight is 469 g/mol. The topological polar surface area (TPSA) is 3.24 Å². The summed E-state index contributed by atoms with van der Waals surface area (Å²) >= 11 is 0. The van der Waals surface area contributed by atoms with E-state index in [1.54, 1.807) is 0 Å². The van der Waals surface area contributed by atoms with Gasteiger partial charge in [0.15, 0.2) is 0 Å². The Balaban J connectivity index is 2.49. The van der Waals surface area contributed by atoms with Gasteiger partial charge in [-0.3, -0.25) is 0 Å². The molecule has 1 nitrogen and oxygen atoms in total. The maximum absolute atomic E-state index is 7.21. The van der Waals surface area contributed by atoms with Crippen LogP contribution in [0.1, 0.15) is 72.4 Å². The molecule has 0 saturated heterocycles. The van der Waals surface area contributed by atoms with Crippen LogP contribution in [0.15, 0.2) is 66.4 Å². The number of benzene rings is 2. The average Bonchev–Trinajstić information content (AvgIpc) is 2.73. The first-order valence-corrected chi connectivity index (χ1v) is 15.3. The second-order valence-corrected chi connectivity index (χ2v) is 16.6. The summed E-state index contributed by atoms with van der Waals surface area (Å²) in [7, 11) is -0.409. The fourth-order valence-electron chi connectivity index (χ4n) is 4.83. The van der Waals surface area contributed by atoms with E-state index in [1.165, 1.54) is 17.3 Å². The van der Waals surface area contributed by atoms with Gasteiger partial charge in [-0.25, -0.2) is 0 Å². The van der Waals surface area contributed by atoms with Crippen LogP contribution >= 0.6 is 16.0 Å². The minimum atomic E-state index is -0.382. The molecule has 0 aromatic heterocycles. The Morgan fingerprint density at radius 3 is 1.44 bits per heavy atom. The summed E-state index contributed by atoms with van der Waals surface area (Å²) in [5, 5.41) is 0. The summed E-state index contributed by atoms with van der Waals surface area (Å²) in [6.45, 7) is 27.4. The molecule has 0 aliphatic heterocycles. The highest BCUT2D eigenvalue weighted by Gasteiger charge is 2.36. The predicted octanol–water partition coefficient (Wildman–Crippen LogP) is 8.95. The number of rotatable bonds is 12. The van der Waals surface area contributed by atoms with Crippen molar-refractivity contribution in [2.45, 2.75) is 83.9 Å². The molecular formula is C29H44NP2+. The van der Waals surface area contributed by atoms with Crippen molar-refractivity contribution in [2.75, 3.05) is 12.7 Å². The predicted molar refractivity (Wildman–Crippen MR) is 148 cm³/mol. The number of nitrogens with zero attached hydrogens (tertiary/aromatic N) is 1. The van der Waals surface area contributed by atoms with Gasteiger partial charge in [0.05, 0.1) is 0 Å². The first-order valence-electron chi connectivity index (χ1n) is 12.2. The van der Waals surface area contributed by atoms with Crippen LogP contribution in [0.5, 0.6) is 0 Å². The van der Waals surface area contributed by atoms with Gasteiger partial charge in [-0.2, -0.15) is 0 Å². The Morgan fingerprint density at radius 2 is 1.09 bits per heavy atom. The Labute approximate surface area is 201 Å². The van der Waals surface area contributed by atoms with E-state index >= 15 is 0 Å². The van der Waals surface area contributed by atoms with Crippen LogP contribution in [0.4, 0.5) is 0 Å². The molecule has 0 N–H and O–H groups in total. The zero-order valence-corrected chi connectivity index (χ0v) is 23.3. The van der Waals surface area contributed by atoms with Crippen molar-refractivity contribution in [3.8, 4) is 0 Å². The van der Waals surface area contributed by atoms with Gasteiger partial charge in [0.2, 0.25) is 6.58 Å². The fraction of sp³-hybridized carbons (Fsp3) is 0.517. The van der Waals surface area contributed by atoms with Gasteiger partial charge in [0, 0.05) is 14.6 Å². The summed E-state index contributed by atoms with van der Waals surface area (Å²) < 4.78 is 2.65. The van der Waals surface area contributed by atoms with Crippen molar-refractivity contribution in [3.63, 3.8) is 0 Å². The molecule has 2 aromatic rings. The maximum Gasteiger partial charge on any atom is 0.268 e. The van der Waals surface area contributed by atoms with Crippen LogP contribution in [0.25, 0.3) is 0 Å². The van der Waals surface area contributed by atoms with Gasteiger partial charge in [-0.1, -0.05) is 124 Å². The standard InChI is InChI=1S/C29H44NP2/c1-22(2)31(23(3)4)21-20-30(32(24(5)6)25(7)8)26(9)29(27-16-12-10-13-17-27)28-18-14-11-15-19-28/h9-19,22-25,29H,20-21H2,1-8H3/q+1. The van der Waals surface area contributed by atoms with Gasteiger partial charge in [0.1, 0.15) is 5.92 Å². The molecule has 0 radical (unpaired) electrons. The summed E-state index contributed by atoms with van der Waals surface area (Å²) in [5.74, 6) is 0.0872. The van der Waals surface area contributed by atoms with E-state index in [1.807, 2.05) is 0 Å². The fourth-order valence-corrected chi connectivity index (χ4v) is 10.7. The molecule has 2 aromatic carbocycles. The van der Waals surface area contributed by atoms with E-state index in [9.17, 15) is 0 Å². The highest BCUT2D eigenvalue weighted by Crippen LogP contribution is 2.55. The molecule has 2 rings (SSSR count). The third-order valence-electron chi connectivity index (χ3n) is 6.09. The molecule has 0 aliphatic rings. The second kappa shape index (κ2) is 12.8. The van der Waals surface area contributed by atoms with Crippen molar-refractivity contribution >= 4 is 16.0 Å². The molecule has 0 amide bonds. The zero-order valence-electron chi connectivity index (χ0n) is 21.5. The van der Waals surface area contributed by atoms with Gasteiger partial charge >= 0.3 is 0 Å². The van der Waals surface area contributed by atoms with E-state index in [2.05, 4.69) is 121 Å². The summed E-state index contributed by atoms with van der Waals surface area (Å²) in [5.41, 5.74) is 6.27. The normalized spacial score (nSPS) is 12.2. The molecule has 0 heterocycles. The van der Waals surface area contributed by atoms with Crippen LogP contribution < -0.4 is 0 Å². The van der Waals surface area contributed by atoms with Gasteiger partial charge < -0.3 is 4.67 Å². The van der Waals surface area contributed by atoms with Crippen molar-refractivity contribution in [1.82, 2.24) is 4.67 Å². The highest BCUT2D eigenvalue weighted by molar-refractivity contribution is 7.59. The van der Waals surface area contributed by atoms with Crippen LogP contribution in [-0.2, 0) is 0 Å². The molecule has 174 valence electrons. The van der Waals surface area contributed by atoms with E-state index in [0.717, 1.165) is 23.6 Å². The molecule has 0 aliphatic carbocycles. The Kier molecular flexibility index (Phi) is 10.8. The molecular weight excluding hydrogens is 424 g/mol. The lowest BCUT2D eigenvalue weighted by Gasteiger charge is -2.40. The number of hydrogen-bond acceptors (Lipinski definition) is 1. The van der Waals surface area contributed by atoms with Crippen LogP contribution in [0, 0.1) is 6.58 Å². The third kappa shape index (κ3) is 7.12. The van der Waals surface area contributed by atoms with Crippen LogP contribution in [-0.4, -0.2) is 40.0 Å². The quantitative estimate of drug-likeness (QED) is 0.222. The SMILES string of the molecule is [CH+]=C(C(c1ccccc1)c1ccccc1)N(CCP(C(C)C)C(C)C)P(C(C)C)C(C)C. The smallest absolute Gasteiger partial charge is 0.268 e. The van der Waals surface area contributed by atoms with Crippen molar-refractivity contribution < 1.29 is 0 Å². The second-order valence-electron chi connectivity index (χ2n) is 9.80. The van der Waals surface area contributed by atoms with Crippen LogP contribution in [0.2, 0.25) is 0 Å². The Bertz CT molecular complexity index is 743.